The first-order valence-electron chi connectivity index (χ1n) is 6.33. The van der Waals surface area contributed by atoms with Crippen molar-refractivity contribution in [1.82, 2.24) is 10.3 Å². The average Bonchev–Trinajstić information content (AvgIpc) is 2.38. The fraction of sp³-hybridized carbons (Fsp3) is 0.571. The molecule has 0 amide bonds. The molecule has 1 rings (SSSR count). The zero-order chi connectivity index (χ0) is 13.4. The van der Waals surface area contributed by atoms with Gasteiger partial charge in [-0.3, -0.25) is 0 Å². The van der Waals surface area contributed by atoms with Crippen molar-refractivity contribution in [3.8, 4) is 6.07 Å². The Morgan fingerprint density at radius 3 is 2.89 bits per heavy atom. The highest BCUT2D eigenvalue weighted by molar-refractivity contribution is 5.25. The van der Waals surface area contributed by atoms with Crippen molar-refractivity contribution in [2.24, 2.45) is 5.92 Å². The number of nitriles is 1. The summed E-state index contributed by atoms with van der Waals surface area (Å²) in [5, 5.41) is 12.3. The van der Waals surface area contributed by atoms with Crippen LogP contribution in [0.5, 0.6) is 0 Å². The van der Waals surface area contributed by atoms with Crippen LogP contribution in [0.4, 0.5) is 0 Å². The van der Waals surface area contributed by atoms with E-state index < -0.39 is 0 Å². The van der Waals surface area contributed by atoms with Gasteiger partial charge in [0.2, 0.25) is 0 Å². The molecule has 0 saturated carbocycles. The summed E-state index contributed by atoms with van der Waals surface area (Å²) in [6, 6.07) is 6.10. The number of nitrogens with one attached hydrogen (secondary N) is 1. The highest BCUT2D eigenvalue weighted by Crippen LogP contribution is 2.06. The van der Waals surface area contributed by atoms with Crippen molar-refractivity contribution in [2.75, 3.05) is 13.2 Å². The monoisotopic (exact) mass is 247 g/mol. The molecule has 0 aromatic carbocycles. The van der Waals surface area contributed by atoms with Gasteiger partial charge in [0.1, 0.15) is 11.8 Å². The summed E-state index contributed by atoms with van der Waals surface area (Å²) < 4.78 is 5.46. The van der Waals surface area contributed by atoms with Gasteiger partial charge in [0.25, 0.3) is 0 Å². The van der Waals surface area contributed by atoms with Gasteiger partial charge in [0, 0.05) is 25.4 Å². The van der Waals surface area contributed by atoms with Crippen molar-refractivity contribution in [3.05, 3.63) is 29.6 Å². The van der Waals surface area contributed by atoms with Gasteiger partial charge in [-0.15, -0.1) is 0 Å². The fourth-order valence-electron chi connectivity index (χ4n) is 1.63. The topological polar surface area (TPSA) is 57.9 Å². The van der Waals surface area contributed by atoms with Crippen LogP contribution < -0.4 is 5.32 Å². The van der Waals surface area contributed by atoms with E-state index in [-0.39, 0.29) is 0 Å². The number of aromatic nitrogens is 1. The maximum absolute atomic E-state index is 8.79. The minimum absolute atomic E-state index is 0.323. The van der Waals surface area contributed by atoms with Crippen molar-refractivity contribution in [2.45, 2.75) is 33.4 Å². The molecule has 0 bridgehead atoms. The van der Waals surface area contributed by atoms with E-state index in [0.29, 0.717) is 24.3 Å². The molecule has 0 aliphatic rings. The van der Waals surface area contributed by atoms with Crippen LogP contribution in [0.2, 0.25) is 0 Å². The second-order valence-corrected chi connectivity index (χ2v) is 4.55. The van der Waals surface area contributed by atoms with E-state index in [1.807, 2.05) is 25.1 Å². The van der Waals surface area contributed by atoms with E-state index in [1.165, 1.54) is 0 Å². The van der Waals surface area contributed by atoms with Crippen LogP contribution in [0.1, 0.15) is 32.0 Å². The van der Waals surface area contributed by atoms with Crippen LogP contribution >= 0.6 is 0 Å². The van der Waals surface area contributed by atoms with E-state index in [4.69, 9.17) is 10.00 Å². The molecule has 0 saturated heterocycles. The fourth-order valence-corrected chi connectivity index (χ4v) is 1.63. The van der Waals surface area contributed by atoms with Crippen molar-refractivity contribution < 1.29 is 4.74 Å². The van der Waals surface area contributed by atoms with Gasteiger partial charge in [0.05, 0.1) is 6.61 Å². The largest absolute Gasteiger partial charge is 0.380 e. The molecule has 0 radical (unpaired) electrons. The van der Waals surface area contributed by atoms with E-state index in [2.05, 4.69) is 24.1 Å². The number of hydrogen-bond donors (Lipinski definition) is 1. The smallest absolute Gasteiger partial charge is 0.140 e. The predicted octanol–water partition coefficient (Wildman–Crippen LogP) is 2.10. The highest BCUT2D eigenvalue weighted by atomic mass is 16.5. The molecular weight excluding hydrogens is 226 g/mol. The summed E-state index contributed by atoms with van der Waals surface area (Å²) in [4.78, 5) is 3.96. The normalized spacial score (nSPS) is 12.4. The SMILES string of the molecule is CCOCC(NCc1ccnc(C#N)c1)C(C)C. The molecule has 1 N–H and O–H groups in total. The van der Waals surface area contributed by atoms with Gasteiger partial charge in [-0.1, -0.05) is 13.8 Å². The molecule has 4 nitrogen and oxygen atoms in total. The van der Waals surface area contributed by atoms with Gasteiger partial charge in [-0.25, -0.2) is 4.98 Å². The number of nitrogens with zero attached hydrogens (tertiary/aromatic N) is 2. The Hall–Kier alpha value is -1.44. The summed E-state index contributed by atoms with van der Waals surface area (Å²) >= 11 is 0. The summed E-state index contributed by atoms with van der Waals surface area (Å²) in [5.74, 6) is 0.508. The quantitative estimate of drug-likeness (QED) is 0.801. The van der Waals surface area contributed by atoms with Crippen LogP contribution in [0.15, 0.2) is 18.3 Å². The molecule has 1 aromatic rings. The van der Waals surface area contributed by atoms with Crippen molar-refractivity contribution in [3.63, 3.8) is 0 Å². The standard InChI is InChI=1S/C14H21N3O/c1-4-18-10-14(11(2)3)17-9-12-5-6-16-13(7-12)8-15/h5-7,11,14,17H,4,9-10H2,1-3H3. The van der Waals surface area contributed by atoms with E-state index in [9.17, 15) is 0 Å². The van der Waals surface area contributed by atoms with Crippen LogP contribution in [-0.4, -0.2) is 24.2 Å². The van der Waals surface area contributed by atoms with Crippen molar-refractivity contribution in [1.29, 1.82) is 5.26 Å². The Balaban J connectivity index is 2.53. The lowest BCUT2D eigenvalue weighted by molar-refractivity contribution is 0.108. The van der Waals surface area contributed by atoms with Crippen LogP contribution in [0, 0.1) is 17.2 Å². The number of rotatable bonds is 7. The zero-order valence-electron chi connectivity index (χ0n) is 11.3. The minimum atomic E-state index is 0.323. The highest BCUT2D eigenvalue weighted by Gasteiger charge is 2.12. The Morgan fingerprint density at radius 2 is 2.28 bits per heavy atom. The lowest BCUT2D eigenvalue weighted by Crippen LogP contribution is -2.37. The number of hydrogen-bond acceptors (Lipinski definition) is 4. The maximum Gasteiger partial charge on any atom is 0.140 e. The lowest BCUT2D eigenvalue weighted by atomic mass is 10.0. The molecule has 1 unspecified atom stereocenters. The molecule has 1 aromatic heterocycles. The second kappa shape index (κ2) is 7.80. The van der Waals surface area contributed by atoms with Gasteiger partial charge >= 0.3 is 0 Å². The Labute approximate surface area is 109 Å². The van der Waals surface area contributed by atoms with Crippen LogP contribution in [0.3, 0.4) is 0 Å². The molecule has 0 fully saturated rings. The van der Waals surface area contributed by atoms with Gasteiger partial charge in [0.15, 0.2) is 0 Å². The van der Waals surface area contributed by atoms with E-state index in [0.717, 1.165) is 18.7 Å². The molecule has 1 heterocycles. The Kier molecular flexibility index (Phi) is 6.34. The summed E-state index contributed by atoms with van der Waals surface area (Å²) in [6.45, 7) is 8.52. The number of ether oxygens (including phenoxy) is 1. The minimum Gasteiger partial charge on any atom is -0.380 e. The Morgan fingerprint density at radius 1 is 1.50 bits per heavy atom. The molecular formula is C14H21N3O. The average molecular weight is 247 g/mol. The first-order valence-corrected chi connectivity index (χ1v) is 6.33. The van der Waals surface area contributed by atoms with Gasteiger partial charge in [-0.2, -0.15) is 5.26 Å². The third kappa shape index (κ3) is 4.82. The van der Waals surface area contributed by atoms with E-state index >= 15 is 0 Å². The summed E-state index contributed by atoms with van der Waals surface area (Å²) in [6.07, 6.45) is 1.67. The third-order valence-electron chi connectivity index (χ3n) is 2.81. The predicted molar refractivity (Wildman–Crippen MR) is 70.9 cm³/mol. The maximum atomic E-state index is 8.79. The molecule has 0 aliphatic carbocycles. The second-order valence-electron chi connectivity index (χ2n) is 4.55. The third-order valence-corrected chi connectivity index (χ3v) is 2.81. The van der Waals surface area contributed by atoms with E-state index in [1.54, 1.807) is 6.20 Å². The molecule has 4 heteroatoms. The first-order chi connectivity index (χ1) is 8.67. The summed E-state index contributed by atoms with van der Waals surface area (Å²) in [5.41, 5.74) is 1.53. The van der Waals surface area contributed by atoms with Crippen molar-refractivity contribution >= 4 is 0 Å². The first kappa shape index (κ1) is 14.6. The lowest BCUT2D eigenvalue weighted by Gasteiger charge is -2.22. The van der Waals surface area contributed by atoms with Gasteiger partial charge in [-0.05, 0) is 30.5 Å². The zero-order valence-corrected chi connectivity index (χ0v) is 11.3. The molecule has 1 atom stereocenters. The Bertz CT molecular complexity index is 398. The van der Waals surface area contributed by atoms with Crippen LogP contribution in [-0.2, 0) is 11.3 Å². The molecule has 98 valence electrons. The molecule has 0 aliphatic heterocycles. The summed E-state index contributed by atoms with van der Waals surface area (Å²) in [7, 11) is 0. The molecule has 0 spiro atoms. The number of pyridine rings is 1. The van der Waals surface area contributed by atoms with Gasteiger partial charge < -0.3 is 10.1 Å². The van der Waals surface area contributed by atoms with Crippen LogP contribution in [0.25, 0.3) is 0 Å². The molecule has 18 heavy (non-hydrogen) atoms.